The number of nitrogens with one attached hydrogen (secondary N) is 1. The normalized spacial score (nSPS) is 13.8. The molecule has 1 aliphatic heterocycles. The monoisotopic (exact) mass is 442 g/mol. The fourth-order valence-corrected chi connectivity index (χ4v) is 4.65. The highest BCUT2D eigenvalue weighted by Crippen LogP contribution is 2.38. The third-order valence-corrected chi connectivity index (χ3v) is 6.47. The molecule has 162 valence electrons. The van der Waals surface area contributed by atoms with Gasteiger partial charge in [0, 0.05) is 10.6 Å². The predicted molar refractivity (Wildman–Crippen MR) is 132 cm³/mol. The maximum Gasteiger partial charge on any atom is 0.283 e. The molecule has 1 aliphatic rings. The first-order valence-corrected chi connectivity index (χ1v) is 11.5. The van der Waals surface area contributed by atoms with Gasteiger partial charge in [-0.2, -0.15) is 0 Å². The van der Waals surface area contributed by atoms with Gasteiger partial charge in [0.05, 0.1) is 5.69 Å². The number of carbonyl (C=O) groups is 2. The van der Waals surface area contributed by atoms with Crippen molar-refractivity contribution in [2.24, 2.45) is 0 Å². The summed E-state index contributed by atoms with van der Waals surface area (Å²) in [5.41, 5.74) is 6.05. The second kappa shape index (κ2) is 9.05. The van der Waals surface area contributed by atoms with Gasteiger partial charge in [-0.25, -0.2) is 4.90 Å². The van der Waals surface area contributed by atoms with Crippen LogP contribution in [0.2, 0.25) is 0 Å². The van der Waals surface area contributed by atoms with E-state index in [2.05, 4.69) is 12.2 Å². The quantitative estimate of drug-likeness (QED) is 0.464. The number of aryl methyl sites for hydroxylation is 4. The number of benzene rings is 3. The van der Waals surface area contributed by atoms with E-state index in [1.165, 1.54) is 22.2 Å². The number of imide groups is 1. The summed E-state index contributed by atoms with van der Waals surface area (Å²) in [5.74, 6) is -0.646. The van der Waals surface area contributed by atoms with Crippen LogP contribution in [0.3, 0.4) is 0 Å². The third-order valence-electron chi connectivity index (χ3n) is 5.38. The number of hydrogen-bond donors (Lipinski definition) is 1. The van der Waals surface area contributed by atoms with Crippen LogP contribution >= 0.6 is 11.8 Å². The first-order chi connectivity index (χ1) is 15.4. The Kier molecular flexibility index (Phi) is 6.19. The van der Waals surface area contributed by atoms with Gasteiger partial charge in [0.1, 0.15) is 10.6 Å². The molecule has 0 saturated carbocycles. The number of carbonyl (C=O) groups excluding carboxylic acids is 2. The number of hydrogen-bond acceptors (Lipinski definition) is 4. The zero-order valence-electron chi connectivity index (χ0n) is 18.7. The molecule has 0 aliphatic carbocycles. The molecular formula is C27H26N2O2S. The van der Waals surface area contributed by atoms with Crippen LogP contribution in [0.1, 0.15) is 29.2 Å². The van der Waals surface area contributed by atoms with Crippen LogP contribution in [0, 0.1) is 20.8 Å². The summed E-state index contributed by atoms with van der Waals surface area (Å²) in [5, 5.41) is 3.23. The summed E-state index contributed by atoms with van der Waals surface area (Å²) < 4.78 is 0. The van der Waals surface area contributed by atoms with Crippen LogP contribution < -0.4 is 10.2 Å². The Morgan fingerprint density at radius 2 is 1.41 bits per heavy atom. The van der Waals surface area contributed by atoms with Gasteiger partial charge in [-0.05, 0) is 80.3 Å². The van der Waals surface area contributed by atoms with Gasteiger partial charge in [0.25, 0.3) is 11.8 Å². The highest BCUT2D eigenvalue weighted by atomic mass is 32.2. The minimum absolute atomic E-state index is 0.307. The number of thioether (sulfide) groups is 1. The molecule has 1 N–H and O–H groups in total. The fraction of sp³-hybridized carbons (Fsp3) is 0.185. The fourth-order valence-electron chi connectivity index (χ4n) is 3.72. The van der Waals surface area contributed by atoms with Gasteiger partial charge in [-0.1, -0.05) is 54.6 Å². The standard InChI is InChI=1S/C27H26N2O2S/c1-5-20-8-10-21(11-9-20)28-24-25(32-23-12-6-17(2)7-13-23)27(31)29(26(24)30)22-15-18(3)14-19(4)16-22/h6-16,28H,5H2,1-4H3. The minimum atomic E-state index is -0.339. The molecule has 0 aromatic heterocycles. The number of anilines is 2. The van der Waals surface area contributed by atoms with Crippen molar-refractivity contribution in [1.82, 2.24) is 0 Å². The van der Waals surface area contributed by atoms with Crippen molar-refractivity contribution in [2.75, 3.05) is 10.2 Å². The third kappa shape index (κ3) is 4.48. The lowest BCUT2D eigenvalue weighted by Crippen LogP contribution is -2.32. The Balaban J connectivity index is 1.74. The molecule has 3 aromatic rings. The largest absolute Gasteiger partial charge is 0.350 e. The molecule has 0 fully saturated rings. The van der Waals surface area contributed by atoms with E-state index >= 15 is 0 Å². The molecular weight excluding hydrogens is 416 g/mol. The molecule has 0 spiro atoms. The second-order valence-electron chi connectivity index (χ2n) is 8.09. The number of rotatable bonds is 6. The lowest BCUT2D eigenvalue weighted by Gasteiger charge is -2.17. The average molecular weight is 443 g/mol. The molecule has 0 saturated heterocycles. The van der Waals surface area contributed by atoms with Crippen LogP contribution in [0.25, 0.3) is 0 Å². The SMILES string of the molecule is CCc1ccc(NC2=C(Sc3ccc(C)cc3)C(=O)N(c3cc(C)cc(C)c3)C2=O)cc1. The summed E-state index contributed by atoms with van der Waals surface area (Å²) in [7, 11) is 0. The van der Waals surface area contributed by atoms with E-state index in [0.29, 0.717) is 16.3 Å². The predicted octanol–water partition coefficient (Wildman–Crippen LogP) is 6.16. The second-order valence-corrected chi connectivity index (χ2v) is 9.17. The summed E-state index contributed by atoms with van der Waals surface area (Å²) in [6, 6.07) is 21.6. The highest BCUT2D eigenvalue weighted by molar-refractivity contribution is 8.04. The molecule has 32 heavy (non-hydrogen) atoms. The number of amides is 2. The molecule has 0 radical (unpaired) electrons. The Bertz CT molecular complexity index is 1190. The lowest BCUT2D eigenvalue weighted by molar-refractivity contribution is -0.120. The topological polar surface area (TPSA) is 49.4 Å². The molecule has 4 nitrogen and oxygen atoms in total. The molecule has 0 atom stereocenters. The van der Waals surface area contributed by atoms with Gasteiger partial charge in [0.2, 0.25) is 0 Å². The van der Waals surface area contributed by atoms with Crippen molar-refractivity contribution in [2.45, 2.75) is 39.0 Å². The average Bonchev–Trinajstić information content (AvgIpc) is 2.99. The van der Waals surface area contributed by atoms with Crippen molar-refractivity contribution >= 4 is 35.0 Å². The first kappa shape index (κ1) is 21.9. The molecule has 0 bridgehead atoms. The van der Waals surface area contributed by atoms with Gasteiger partial charge in [0.15, 0.2) is 0 Å². The van der Waals surface area contributed by atoms with E-state index in [1.807, 2.05) is 87.5 Å². The summed E-state index contributed by atoms with van der Waals surface area (Å²) in [4.78, 5) is 29.6. The Morgan fingerprint density at radius 3 is 2.00 bits per heavy atom. The molecule has 4 rings (SSSR count). The van der Waals surface area contributed by atoms with E-state index in [9.17, 15) is 9.59 Å². The molecule has 0 unspecified atom stereocenters. The zero-order chi connectivity index (χ0) is 22.8. The van der Waals surface area contributed by atoms with Gasteiger partial charge in [-0.15, -0.1) is 0 Å². The molecule has 2 amide bonds. The maximum absolute atomic E-state index is 13.5. The Labute approximate surface area is 193 Å². The Morgan fingerprint density at radius 1 is 0.781 bits per heavy atom. The zero-order valence-corrected chi connectivity index (χ0v) is 19.5. The van der Waals surface area contributed by atoms with Gasteiger partial charge >= 0.3 is 0 Å². The maximum atomic E-state index is 13.5. The first-order valence-electron chi connectivity index (χ1n) is 10.7. The van der Waals surface area contributed by atoms with Crippen molar-refractivity contribution in [3.63, 3.8) is 0 Å². The van der Waals surface area contributed by atoms with Crippen molar-refractivity contribution < 1.29 is 9.59 Å². The smallest absolute Gasteiger partial charge is 0.283 e. The highest BCUT2D eigenvalue weighted by Gasteiger charge is 2.40. The van der Waals surface area contributed by atoms with Crippen LogP contribution in [-0.2, 0) is 16.0 Å². The number of nitrogens with zero attached hydrogens (tertiary/aromatic N) is 1. The van der Waals surface area contributed by atoms with E-state index in [0.717, 1.165) is 33.7 Å². The van der Waals surface area contributed by atoms with Crippen molar-refractivity contribution in [3.05, 3.63) is 99.6 Å². The van der Waals surface area contributed by atoms with Crippen molar-refractivity contribution in [1.29, 1.82) is 0 Å². The van der Waals surface area contributed by atoms with Gasteiger partial charge in [-0.3, -0.25) is 9.59 Å². The van der Waals surface area contributed by atoms with Gasteiger partial charge < -0.3 is 5.32 Å². The van der Waals surface area contributed by atoms with E-state index in [4.69, 9.17) is 0 Å². The van der Waals surface area contributed by atoms with E-state index in [1.54, 1.807) is 0 Å². The summed E-state index contributed by atoms with van der Waals surface area (Å²) >= 11 is 1.32. The van der Waals surface area contributed by atoms with E-state index < -0.39 is 0 Å². The molecule has 5 heteroatoms. The molecule has 1 heterocycles. The van der Waals surface area contributed by atoms with E-state index in [-0.39, 0.29) is 11.8 Å². The van der Waals surface area contributed by atoms with Crippen LogP contribution in [0.15, 0.2) is 82.2 Å². The lowest BCUT2D eigenvalue weighted by atomic mass is 10.1. The van der Waals surface area contributed by atoms with Crippen molar-refractivity contribution in [3.8, 4) is 0 Å². The summed E-state index contributed by atoms with van der Waals surface area (Å²) in [6.07, 6.45) is 0.940. The van der Waals surface area contributed by atoms with Crippen LogP contribution in [-0.4, -0.2) is 11.8 Å². The Hall–Kier alpha value is -3.31. The van der Waals surface area contributed by atoms with Crippen LogP contribution in [0.4, 0.5) is 11.4 Å². The molecule has 3 aromatic carbocycles. The van der Waals surface area contributed by atoms with Crippen LogP contribution in [0.5, 0.6) is 0 Å². The minimum Gasteiger partial charge on any atom is -0.350 e. The summed E-state index contributed by atoms with van der Waals surface area (Å²) in [6.45, 7) is 8.05.